The van der Waals surface area contributed by atoms with Crippen LogP contribution in [0, 0.1) is 0 Å². The lowest BCUT2D eigenvalue weighted by molar-refractivity contribution is -0.348. The zero-order valence-corrected chi connectivity index (χ0v) is 45.7. The summed E-state index contributed by atoms with van der Waals surface area (Å²) in [5, 5.41) is 103. The van der Waals surface area contributed by atoms with Gasteiger partial charge in [0.1, 0.15) is 61.0 Å². The van der Waals surface area contributed by atoms with Crippen LogP contribution in [0.15, 0.2) is 0 Å². The number of aliphatic hydroxyl groups is 9. The molecule has 2 heterocycles. The van der Waals surface area contributed by atoms with E-state index in [-0.39, 0.29) is 12.8 Å². The van der Waals surface area contributed by atoms with E-state index in [4.69, 9.17) is 18.9 Å². The molecule has 0 spiro atoms. The number of unbranched alkanes of at least 4 members (excludes halogenated alkanes) is 30. The fourth-order valence-corrected chi connectivity index (χ4v) is 10.2. The Morgan fingerprint density at radius 2 is 0.890 bits per heavy atom. The Balaban J connectivity index is 1.94. The molecular formula is C56H108N2O15. The standard InChI is InChI=1S/C56H108N2O15/c1-4-6-8-10-12-14-16-18-19-20-21-22-23-25-27-29-31-33-35-37-44(63)54(69)58-42(48(64)43(62)36-34-32-30-28-26-24-17-15-13-11-9-7-5-2)40-70-56-52(68)53(50(66)46(39-60)72-56)73-55-47(57-41(3)61)51(67)49(65)45(38-59)71-55/h42-53,55-56,59-60,62-68H,4-40H2,1-3H3,(H,57,61)(H,58,69). The second-order valence-electron chi connectivity index (χ2n) is 21.4. The molecule has 2 aliphatic rings. The van der Waals surface area contributed by atoms with Gasteiger partial charge in [0.05, 0.1) is 32.0 Å². The zero-order chi connectivity index (χ0) is 53.6. The van der Waals surface area contributed by atoms with Crippen LogP contribution < -0.4 is 10.6 Å². The van der Waals surface area contributed by atoms with E-state index in [1.807, 2.05) is 0 Å². The molecule has 0 aliphatic carbocycles. The normalized spacial score (nSPS) is 26.1. The number of hydrogen-bond acceptors (Lipinski definition) is 15. The number of nitrogens with one attached hydrogen (secondary N) is 2. The number of carbonyl (C=O) groups excluding carboxylic acids is 2. The minimum Gasteiger partial charge on any atom is -0.394 e. The van der Waals surface area contributed by atoms with Crippen molar-refractivity contribution in [2.24, 2.45) is 0 Å². The van der Waals surface area contributed by atoms with Crippen molar-refractivity contribution in [1.82, 2.24) is 10.6 Å². The second kappa shape index (κ2) is 42.4. The minimum absolute atomic E-state index is 0.195. The van der Waals surface area contributed by atoms with Crippen LogP contribution in [0.25, 0.3) is 0 Å². The molecule has 0 bridgehead atoms. The van der Waals surface area contributed by atoms with Crippen molar-refractivity contribution in [2.75, 3.05) is 19.8 Å². The maximum atomic E-state index is 13.5. The van der Waals surface area contributed by atoms with Crippen LogP contribution in [0.1, 0.15) is 239 Å². The first-order chi connectivity index (χ1) is 35.3. The van der Waals surface area contributed by atoms with Crippen molar-refractivity contribution in [3.8, 4) is 0 Å². The highest BCUT2D eigenvalue weighted by molar-refractivity contribution is 5.80. The minimum atomic E-state index is -1.85. The van der Waals surface area contributed by atoms with Gasteiger partial charge in [-0.1, -0.05) is 219 Å². The summed E-state index contributed by atoms with van der Waals surface area (Å²) in [6.07, 6.45) is 19.9. The molecule has 0 saturated carbocycles. The monoisotopic (exact) mass is 1050 g/mol. The van der Waals surface area contributed by atoms with E-state index in [9.17, 15) is 55.5 Å². The van der Waals surface area contributed by atoms with Crippen molar-refractivity contribution in [3.05, 3.63) is 0 Å². The maximum absolute atomic E-state index is 13.5. The van der Waals surface area contributed by atoms with E-state index in [2.05, 4.69) is 24.5 Å². The summed E-state index contributed by atoms with van der Waals surface area (Å²) in [4.78, 5) is 25.5. The first kappa shape index (κ1) is 67.5. The number of rotatable bonds is 46. The molecule has 2 rings (SSSR count). The van der Waals surface area contributed by atoms with Gasteiger partial charge in [-0.15, -0.1) is 0 Å². The van der Waals surface area contributed by atoms with Gasteiger partial charge in [-0.3, -0.25) is 9.59 Å². The smallest absolute Gasteiger partial charge is 0.249 e. The van der Waals surface area contributed by atoms with E-state index in [1.54, 1.807) is 0 Å². The van der Waals surface area contributed by atoms with Gasteiger partial charge in [-0.05, 0) is 12.8 Å². The molecule has 432 valence electrons. The van der Waals surface area contributed by atoms with Gasteiger partial charge in [0.15, 0.2) is 12.6 Å². The van der Waals surface area contributed by atoms with Gasteiger partial charge in [0.25, 0.3) is 0 Å². The molecule has 2 amide bonds. The van der Waals surface area contributed by atoms with E-state index >= 15 is 0 Å². The zero-order valence-electron chi connectivity index (χ0n) is 45.7. The maximum Gasteiger partial charge on any atom is 0.249 e. The summed E-state index contributed by atoms with van der Waals surface area (Å²) >= 11 is 0. The summed E-state index contributed by atoms with van der Waals surface area (Å²) in [6.45, 7) is 3.56. The van der Waals surface area contributed by atoms with E-state index < -0.39 is 117 Å². The van der Waals surface area contributed by atoms with Gasteiger partial charge in [-0.25, -0.2) is 0 Å². The topological polar surface area (TPSA) is 277 Å². The summed E-state index contributed by atoms with van der Waals surface area (Å²) in [5.74, 6) is -1.40. The van der Waals surface area contributed by atoms with Gasteiger partial charge in [-0.2, -0.15) is 0 Å². The molecule has 17 heteroatoms. The number of ether oxygens (including phenoxy) is 4. The fourth-order valence-electron chi connectivity index (χ4n) is 10.2. The highest BCUT2D eigenvalue weighted by atomic mass is 16.7. The molecule has 73 heavy (non-hydrogen) atoms. The van der Waals surface area contributed by atoms with Crippen LogP contribution in [0.2, 0.25) is 0 Å². The van der Waals surface area contributed by atoms with Crippen LogP contribution in [0.3, 0.4) is 0 Å². The Labute approximate surface area is 440 Å². The third-order valence-corrected chi connectivity index (χ3v) is 14.9. The van der Waals surface area contributed by atoms with Crippen LogP contribution >= 0.6 is 0 Å². The number of amides is 2. The Morgan fingerprint density at radius 1 is 0.507 bits per heavy atom. The van der Waals surface area contributed by atoms with E-state index in [0.29, 0.717) is 12.8 Å². The SMILES string of the molecule is CCCCCCCCCCCCCCCCCCCCCC(O)C(=O)NC(COC1OC(CO)C(O)C(OC2OC(CO)C(O)C(O)C2NC(C)=O)C1O)C(O)C(O)CCCCCCCCCCCCCCC. The lowest BCUT2D eigenvalue weighted by Crippen LogP contribution is -2.68. The summed E-state index contributed by atoms with van der Waals surface area (Å²) in [7, 11) is 0. The third kappa shape index (κ3) is 28.6. The van der Waals surface area contributed by atoms with Crippen molar-refractivity contribution >= 4 is 11.8 Å². The molecule has 0 aromatic carbocycles. The van der Waals surface area contributed by atoms with Gasteiger partial charge in [0, 0.05) is 6.92 Å². The predicted octanol–water partition coefficient (Wildman–Crippen LogP) is 6.64. The quantitative estimate of drug-likeness (QED) is 0.0285. The lowest BCUT2D eigenvalue weighted by Gasteiger charge is -2.47. The van der Waals surface area contributed by atoms with Crippen molar-refractivity contribution < 1.29 is 74.5 Å². The number of aliphatic hydroxyl groups excluding tert-OH is 9. The molecule has 17 nitrogen and oxygen atoms in total. The van der Waals surface area contributed by atoms with Gasteiger partial charge in [0.2, 0.25) is 11.8 Å². The second-order valence-corrected chi connectivity index (χ2v) is 21.4. The summed E-state index contributed by atoms with van der Waals surface area (Å²) in [5.41, 5.74) is 0. The Morgan fingerprint density at radius 3 is 1.30 bits per heavy atom. The molecule has 0 radical (unpaired) electrons. The van der Waals surface area contributed by atoms with Crippen molar-refractivity contribution in [2.45, 2.75) is 325 Å². The third-order valence-electron chi connectivity index (χ3n) is 14.9. The Bertz CT molecular complexity index is 1340. The van der Waals surface area contributed by atoms with Crippen LogP contribution in [0.4, 0.5) is 0 Å². The molecule has 0 aromatic rings. The largest absolute Gasteiger partial charge is 0.394 e. The highest BCUT2D eigenvalue weighted by Crippen LogP contribution is 2.30. The molecule has 2 aliphatic heterocycles. The van der Waals surface area contributed by atoms with Gasteiger partial charge < -0.3 is 75.5 Å². The molecule has 11 N–H and O–H groups in total. The molecule has 2 fully saturated rings. The Kier molecular flexibility index (Phi) is 39.3. The van der Waals surface area contributed by atoms with E-state index in [1.165, 1.54) is 141 Å². The summed E-state index contributed by atoms with van der Waals surface area (Å²) in [6, 6.07) is -2.72. The Hall–Kier alpha value is -1.58. The molecule has 0 aromatic heterocycles. The molecular weight excluding hydrogens is 941 g/mol. The molecule has 14 atom stereocenters. The fraction of sp³-hybridized carbons (Fsp3) is 0.964. The summed E-state index contributed by atoms with van der Waals surface area (Å²) < 4.78 is 23.2. The lowest BCUT2D eigenvalue weighted by atomic mass is 9.95. The predicted molar refractivity (Wildman–Crippen MR) is 282 cm³/mol. The van der Waals surface area contributed by atoms with Gasteiger partial charge >= 0.3 is 0 Å². The number of hydrogen-bond donors (Lipinski definition) is 11. The van der Waals surface area contributed by atoms with Crippen LogP contribution in [-0.4, -0.2) is 163 Å². The van der Waals surface area contributed by atoms with Crippen LogP contribution in [0.5, 0.6) is 0 Å². The highest BCUT2D eigenvalue weighted by Gasteiger charge is 2.51. The average Bonchev–Trinajstić information content (AvgIpc) is 3.37. The first-order valence-electron chi connectivity index (χ1n) is 29.4. The first-order valence-corrected chi connectivity index (χ1v) is 29.4. The van der Waals surface area contributed by atoms with E-state index in [0.717, 1.165) is 58.3 Å². The average molecular weight is 1050 g/mol. The molecule has 14 unspecified atom stereocenters. The van der Waals surface area contributed by atoms with Crippen molar-refractivity contribution in [1.29, 1.82) is 0 Å². The van der Waals surface area contributed by atoms with Crippen LogP contribution in [-0.2, 0) is 28.5 Å². The number of carbonyl (C=O) groups is 2. The molecule has 2 saturated heterocycles. The van der Waals surface area contributed by atoms with Crippen molar-refractivity contribution in [3.63, 3.8) is 0 Å².